The lowest BCUT2D eigenvalue weighted by Crippen LogP contribution is -2.47. The number of rotatable bonds is 4. The van der Waals surface area contributed by atoms with E-state index in [0.29, 0.717) is 44.5 Å². The lowest BCUT2D eigenvalue weighted by molar-refractivity contribution is 0.169. The summed E-state index contributed by atoms with van der Waals surface area (Å²) < 4.78 is 30.2. The Morgan fingerprint density at radius 3 is 2.35 bits per heavy atom. The van der Waals surface area contributed by atoms with Crippen LogP contribution < -0.4 is 0 Å². The highest BCUT2D eigenvalue weighted by Crippen LogP contribution is 2.19. The van der Waals surface area contributed by atoms with Crippen molar-refractivity contribution < 1.29 is 12.8 Å². The minimum Gasteiger partial charge on any atom is -0.419 e. The zero-order valence-corrected chi connectivity index (χ0v) is 14.1. The predicted octanol–water partition coefficient (Wildman–Crippen LogP) is 1.12. The van der Waals surface area contributed by atoms with Gasteiger partial charge in [-0.15, -0.1) is 10.2 Å². The quantitative estimate of drug-likeness (QED) is 0.832. The second-order valence-electron chi connectivity index (χ2n) is 5.81. The summed E-state index contributed by atoms with van der Waals surface area (Å²) in [7, 11) is -3.10. The summed E-state index contributed by atoms with van der Waals surface area (Å²) in [5.74, 6) is 1.06. The Kier molecular flexibility index (Phi) is 4.47. The average molecular weight is 336 g/mol. The van der Waals surface area contributed by atoms with Crippen LogP contribution in [0.2, 0.25) is 0 Å². The monoisotopic (exact) mass is 336 g/mol. The van der Waals surface area contributed by atoms with E-state index >= 15 is 0 Å². The van der Waals surface area contributed by atoms with E-state index < -0.39 is 10.0 Å². The maximum absolute atomic E-state index is 11.5. The summed E-state index contributed by atoms with van der Waals surface area (Å²) in [6.45, 7) is 4.88. The Hall–Kier alpha value is -1.77. The molecule has 0 amide bonds. The molecular weight excluding hydrogens is 316 g/mol. The zero-order chi connectivity index (χ0) is 16.4. The molecule has 8 heteroatoms. The molecule has 0 unspecified atom stereocenters. The van der Waals surface area contributed by atoms with Crippen molar-refractivity contribution in [2.75, 3.05) is 32.4 Å². The van der Waals surface area contributed by atoms with Gasteiger partial charge in [0.15, 0.2) is 0 Å². The van der Waals surface area contributed by atoms with Gasteiger partial charge in [0.1, 0.15) is 0 Å². The fourth-order valence-electron chi connectivity index (χ4n) is 2.54. The van der Waals surface area contributed by atoms with Gasteiger partial charge in [0.05, 0.1) is 12.8 Å². The average Bonchev–Trinajstić information content (AvgIpc) is 2.96. The number of hydrogen-bond acceptors (Lipinski definition) is 6. The van der Waals surface area contributed by atoms with E-state index in [0.717, 1.165) is 5.56 Å². The third kappa shape index (κ3) is 3.95. The molecule has 0 atom stereocenters. The van der Waals surface area contributed by atoms with Gasteiger partial charge < -0.3 is 4.42 Å². The first-order valence-electron chi connectivity index (χ1n) is 7.49. The van der Waals surface area contributed by atoms with Gasteiger partial charge in [-0.25, -0.2) is 8.42 Å². The number of nitrogens with zero attached hydrogens (tertiary/aromatic N) is 4. The molecule has 1 aliphatic rings. The molecule has 1 aromatic heterocycles. The van der Waals surface area contributed by atoms with Gasteiger partial charge in [-0.3, -0.25) is 4.90 Å². The maximum Gasteiger partial charge on any atom is 0.247 e. The molecule has 1 saturated heterocycles. The van der Waals surface area contributed by atoms with Crippen molar-refractivity contribution in [1.29, 1.82) is 0 Å². The molecular formula is C15H20N4O3S. The second kappa shape index (κ2) is 6.38. The highest BCUT2D eigenvalue weighted by molar-refractivity contribution is 7.88. The summed E-state index contributed by atoms with van der Waals surface area (Å²) in [5.41, 5.74) is 2.08. The number of piperazine rings is 1. The van der Waals surface area contributed by atoms with E-state index in [-0.39, 0.29) is 0 Å². The van der Waals surface area contributed by atoms with Crippen LogP contribution in [0.1, 0.15) is 11.5 Å². The SMILES string of the molecule is Cc1ccc(-c2nnc(CN3CCN(S(C)(=O)=O)CC3)o2)cc1. The lowest BCUT2D eigenvalue weighted by atomic mass is 10.1. The molecule has 0 bridgehead atoms. The molecule has 0 radical (unpaired) electrons. The third-order valence-corrected chi connectivity index (χ3v) is 5.23. The number of benzene rings is 1. The minimum atomic E-state index is -3.10. The van der Waals surface area contributed by atoms with Crippen molar-refractivity contribution in [1.82, 2.24) is 19.4 Å². The van der Waals surface area contributed by atoms with Crippen LogP contribution in [-0.4, -0.2) is 60.3 Å². The smallest absolute Gasteiger partial charge is 0.247 e. The molecule has 0 saturated carbocycles. The minimum absolute atomic E-state index is 0.498. The Labute approximate surface area is 136 Å². The molecule has 3 rings (SSSR count). The Bertz CT molecular complexity index is 762. The topological polar surface area (TPSA) is 79.5 Å². The molecule has 7 nitrogen and oxygen atoms in total. The number of aryl methyl sites for hydroxylation is 1. The Morgan fingerprint density at radius 1 is 1.09 bits per heavy atom. The van der Waals surface area contributed by atoms with Crippen molar-refractivity contribution in [3.05, 3.63) is 35.7 Å². The molecule has 0 spiro atoms. The van der Waals surface area contributed by atoms with Gasteiger partial charge in [-0.2, -0.15) is 4.31 Å². The first-order valence-corrected chi connectivity index (χ1v) is 9.33. The predicted molar refractivity (Wildman–Crippen MR) is 86.2 cm³/mol. The van der Waals surface area contributed by atoms with Crippen LogP contribution in [0.15, 0.2) is 28.7 Å². The second-order valence-corrected chi connectivity index (χ2v) is 7.79. The molecule has 23 heavy (non-hydrogen) atoms. The summed E-state index contributed by atoms with van der Waals surface area (Å²) in [6.07, 6.45) is 1.24. The fourth-order valence-corrected chi connectivity index (χ4v) is 3.37. The van der Waals surface area contributed by atoms with Crippen molar-refractivity contribution in [3.63, 3.8) is 0 Å². The van der Waals surface area contributed by atoms with Gasteiger partial charge >= 0.3 is 0 Å². The lowest BCUT2D eigenvalue weighted by Gasteiger charge is -2.32. The highest BCUT2D eigenvalue weighted by Gasteiger charge is 2.24. The first-order chi connectivity index (χ1) is 10.9. The van der Waals surface area contributed by atoms with Crippen molar-refractivity contribution >= 4 is 10.0 Å². The Morgan fingerprint density at radius 2 is 1.74 bits per heavy atom. The van der Waals surface area contributed by atoms with Crippen LogP contribution >= 0.6 is 0 Å². The van der Waals surface area contributed by atoms with Crippen LogP contribution in [0.5, 0.6) is 0 Å². The van der Waals surface area contributed by atoms with Crippen LogP contribution in [-0.2, 0) is 16.6 Å². The van der Waals surface area contributed by atoms with E-state index in [4.69, 9.17) is 4.42 Å². The molecule has 1 aliphatic heterocycles. The van der Waals surface area contributed by atoms with Crippen LogP contribution in [0, 0.1) is 6.92 Å². The van der Waals surface area contributed by atoms with E-state index in [1.807, 2.05) is 31.2 Å². The zero-order valence-electron chi connectivity index (χ0n) is 13.3. The molecule has 2 heterocycles. The highest BCUT2D eigenvalue weighted by atomic mass is 32.2. The van der Waals surface area contributed by atoms with Crippen LogP contribution in [0.4, 0.5) is 0 Å². The standard InChI is InChI=1S/C15H20N4O3S/c1-12-3-5-13(6-4-12)15-17-16-14(22-15)11-18-7-9-19(10-8-18)23(2,20)21/h3-6H,7-11H2,1-2H3. The van der Waals surface area contributed by atoms with Crippen molar-refractivity contribution in [2.24, 2.45) is 0 Å². The number of sulfonamides is 1. The van der Waals surface area contributed by atoms with Crippen LogP contribution in [0.3, 0.4) is 0 Å². The van der Waals surface area contributed by atoms with Gasteiger partial charge in [0.2, 0.25) is 21.8 Å². The summed E-state index contributed by atoms with van der Waals surface area (Å²) in [4.78, 5) is 2.12. The Balaban J connectivity index is 1.61. The van der Waals surface area contributed by atoms with Gasteiger partial charge in [-0.1, -0.05) is 17.7 Å². The van der Waals surface area contributed by atoms with Gasteiger partial charge in [0, 0.05) is 31.7 Å². The summed E-state index contributed by atoms with van der Waals surface area (Å²) >= 11 is 0. The summed E-state index contributed by atoms with van der Waals surface area (Å²) in [6, 6.07) is 7.92. The molecule has 124 valence electrons. The molecule has 2 aromatic rings. The molecule has 1 aromatic carbocycles. The molecule has 0 N–H and O–H groups in total. The fraction of sp³-hybridized carbons (Fsp3) is 0.467. The van der Waals surface area contributed by atoms with Crippen molar-refractivity contribution in [2.45, 2.75) is 13.5 Å². The van der Waals surface area contributed by atoms with Crippen LogP contribution in [0.25, 0.3) is 11.5 Å². The maximum atomic E-state index is 11.5. The van der Waals surface area contributed by atoms with E-state index in [2.05, 4.69) is 15.1 Å². The number of hydrogen-bond donors (Lipinski definition) is 0. The molecule has 1 fully saturated rings. The number of aromatic nitrogens is 2. The first kappa shape index (κ1) is 16.1. The third-order valence-electron chi connectivity index (χ3n) is 3.92. The van der Waals surface area contributed by atoms with E-state index in [9.17, 15) is 8.42 Å². The largest absolute Gasteiger partial charge is 0.419 e. The molecule has 0 aliphatic carbocycles. The van der Waals surface area contributed by atoms with Gasteiger partial charge in [-0.05, 0) is 19.1 Å². The van der Waals surface area contributed by atoms with E-state index in [1.54, 1.807) is 0 Å². The normalized spacial score (nSPS) is 17.5. The van der Waals surface area contributed by atoms with Gasteiger partial charge in [0.25, 0.3) is 0 Å². The van der Waals surface area contributed by atoms with Crippen molar-refractivity contribution in [3.8, 4) is 11.5 Å². The summed E-state index contributed by atoms with van der Waals surface area (Å²) in [5, 5.41) is 8.17. The van der Waals surface area contributed by atoms with E-state index in [1.165, 1.54) is 16.1 Å².